The Bertz CT molecular complexity index is 522. The second kappa shape index (κ2) is 6.45. The summed E-state index contributed by atoms with van der Waals surface area (Å²) in [5.74, 6) is 0. The molecule has 0 amide bonds. The minimum atomic E-state index is 0.916. The zero-order chi connectivity index (χ0) is 13.0. The second-order valence-electron chi connectivity index (χ2n) is 4.17. The third kappa shape index (κ3) is 3.40. The molecule has 1 heterocycles. The van der Waals surface area contributed by atoms with Crippen LogP contribution in [-0.2, 0) is 19.4 Å². The van der Waals surface area contributed by atoms with Crippen LogP contribution in [0.2, 0.25) is 0 Å². The zero-order valence-corrected chi connectivity index (χ0v) is 13.1. The van der Waals surface area contributed by atoms with Gasteiger partial charge in [0.05, 0.1) is 10.7 Å². The van der Waals surface area contributed by atoms with Gasteiger partial charge in [0.15, 0.2) is 0 Å². The monoisotopic (exact) mass is 324 g/mol. The predicted molar refractivity (Wildman–Crippen MR) is 81.2 cm³/mol. The molecule has 18 heavy (non-hydrogen) atoms. The molecule has 0 spiro atoms. The number of aryl methyl sites for hydroxylation is 1. The van der Waals surface area contributed by atoms with Crippen molar-refractivity contribution in [2.45, 2.75) is 26.3 Å². The molecule has 2 nitrogen and oxygen atoms in total. The van der Waals surface area contributed by atoms with Gasteiger partial charge in [0.1, 0.15) is 0 Å². The highest BCUT2D eigenvalue weighted by Crippen LogP contribution is 2.22. The van der Waals surface area contributed by atoms with Gasteiger partial charge >= 0.3 is 0 Å². The lowest BCUT2D eigenvalue weighted by Gasteiger charge is -1.98. The Labute approximate surface area is 121 Å². The maximum atomic E-state index is 4.74. The Kier molecular flexibility index (Phi) is 4.92. The van der Waals surface area contributed by atoms with Gasteiger partial charge in [0.2, 0.25) is 0 Å². The molecule has 0 atom stereocenters. The van der Waals surface area contributed by atoms with Crippen molar-refractivity contribution in [2.24, 2.45) is 0 Å². The predicted octanol–water partition coefficient (Wildman–Crippen LogP) is 3.78. The fourth-order valence-electron chi connectivity index (χ4n) is 1.91. The second-order valence-corrected chi connectivity index (χ2v) is 6.25. The van der Waals surface area contributed by atoms with Gasteiger partial charge in [-0.15, -0.1) is 11.3 Å². The summed E-state index contributed by atoms with van der Waals surface area (Å²) < 4.78 is 1.13. The summed E-state index contributed by atoms with van der Waals surface area (Å²) in [6, 6.07) is 8.43. The van der Waals surface area contributed by atoms with Gasteiger partial charge in [-0.25, -0.2) is 4.98 Å². The summed E-state index contributed by atoms with van der Waals surface area (Å²) in [4.78, 5) is 6.10. The topological polar surface area (TPSA) is 24.9 Å². The van der Waals surface area contributed by atoms with E-state index in [1.165, 1.54) is 21.1 Å². The van der Waals surface area contributed by atoms with E-state index < -0.39 is 0 Å². The number of nitrogens with zero attached hydrogens (tertiary/aromatic N) is 1. The fourth-order valence-corrected chi connectivity index (χ4v) is 3.56. The third-order valence-electron chi connectivity index (χ3n) is 2.74. The third-order valence-corrected chi connectivity index (χ3v) is 4.33. The minimum Gasteiger partial charge on any atom is -0.315 e. The quantitative estimate of drug-likeness (QED) is 0.905. The maximum absolute atomic E-state index is 4.74. The highest BCUT2D eigenvalue weighted by molar-refractivity contribution is 9.10. The van der Waals surface area contributed by atoms with Crippen molar-refractivity contribution in [3.63, 3.8) is 0 Å². The van der Waals surface area contributed by atoms with Gasteiger partial charge in [-0.3, -0.25) is 0 Å². The first kappa shape index (κ1) is 13.7. The van der Waals surface area contributed by atoms with Crippen LogP contribution in [0.3, 0.4) is 0 Å². The van der Waals surface area contributed by atoms with E-state index in [9.17, 15) is 0 Å². The summed E-state index contributed by atoms with van der Waals surface area (Å²) in [6.07, 6.45) is 1.92. The number of aromatic nitrogens is 1. The smallest absolute Gasteiger partial charge is 0.0975 e. The Morgan fingerprint density at radius 1 is 1.39 bits per heavy atom. The van der Waals surface area contributed by atoms with E-state index in [0.717, 1.165) is 23.9 Å². The van der Waals surface area contributed by atoms with Crippen LogP contribution in [0.15, 0.2) is 28.7 Å². The first-order valence-electron chi connectivity index (χ1n) is 6.09. The van der Waals surface area contributed by atoms with Crippen LogP contribution < -0.4 is 5.32 Å². The van der Waals surface area contributed by atoms with Gasteiger partial charge < -0.3 is 5.32 Å². The van der Waals surface area contributed by atoms with Crippen LogP contribution in [0, 0.1) is 0 Å². The van der Waals surface area contributed by atoms with Crippen molar-refractivity contribution >= 4 is 27.3 Å². The molecule has 0 unspecified atom stereocenters. The average Bonchev–Trinajstić information content (AvgIpc) is 2.72. The lowest BCUT2D eigenvalue weighted by molar-refractivity contribution is 0.813. The lowest BCUT2D eigenvalue weighted by Crippen LogP contribution is -2.05. The van der Waals surface area contributed by atoms with E-state index in [0.29, 0.717) is 0 Å². The standard InChI is InChI=1S/C14H17BrN2S/c1-3-12-13(9-16-2)18-14(17-12)8-10-5-4-6-11(15)7-10/h4-7,16H,3,8-9H2,1-2H3. The molecule has 1 N–H and O–H groups in total. The maximum Gasteiger partial charge on any atom is 0.0975 e. The highest BCUT2D eigenvalue weighted by atomic mass is 79.9. The first-order valence-corrected chi connectivity index (χ1v) is 7.70. The Hall–Kier alpha value is -0.710. The number of nitrogens with one attached hydrogen (secondary N) is 1. The van der Waals surface area contributed by atoms with E-state index in [-0.39, 0.29) is 0 Å². The summed E-state index contributed by atoms with van der Waals surface area (Å²) in [5, 5.41) is 4.41. The largest absolute Gasteiger partial charge is 0.315 e. The van der Waals surface area contributed by atoms with Gasteiger partial charge in [0, 0.05) is 22.3 Å². The van der Waals surface area contributed by atoms with Crippen LogP contribution in [0.25, 0.3) is 0 Å². The van der Waals surface area contributed by atoms with E-state index in [2.05, 4.69) is 52.4 Å². The first-order chi connectivity index (χ1) is 8.72. The molecule has 0 aliphatic carbocycles. The van der Waals surface area contributed by atoms with E-state index in [1.807, 2.05) is 18.4 Å². The van der Waals surface area contributed by atoms with Crippen molar-refractivity contribution in [3.05, 3.63) is 49.9 Å². The molecule has 4 heteroatoms. The number of benzene rings is 1. The number of rotatable bonds is 5. The molecule has 1 aromatic carbocycles. The van der Waals surface area contributed by atoms with Crippen molar-refractivity contribution in [3.8, 4) is 0 Å². The van der Waals surface area contributed by atoms with Crippen LogP contribution in [-0.4, -0.2) is 12.0 Å². The zero-order valence-electron chi connectivity index (χ0n) is 10.7. The molecular formula is C14H17BrN2S. The molecule has 0 aliphatic heterocycles. The van der Waals surface area contributed by atoms with Crippen LogP contribution in [0.4, 0.5) is 0 Å². The van der Waals surface area contributed by atoms with Gasteiger partial charge in [-0.2, -0.15) is 0 Å². The van der Waals surface area contributed by atoms with E-state index in [4.69, 9.17) is 4.98 Å². The van der Waals surface area contributed by atoms with Crippen molar-refractivity contribution in [1.29, 1.82) is 0 Å². The minimum absolute atomic E-state index is 0.916. The van der Waals surface area contributed by atoms with Crippen LogP contribution in [0.5, 0.6) is 0 Å². The number of thiazole rings is 1. The van der Waals surface area contributed by atoms with Crippen LogP contribution in [0.1, 0.15) is 28.1 Å². The average molecular weight is 325 g/mol. The molecule has 0 aliphatic rings. The van der Waals surface area contributed by atoms with Crippen molar-refractivity contribution in [1.82, 2.24) is 10.3 Å². The lowest BCUT2D eigenvalue weighted by atomic mass is 10.2. The summed E-state index contributed by atoms with van der Waals surface area (Å²) in [5.41, 5.74) is 2.54. The number of halogens is 1. The molecule has 1 aromatic heterocycles. The molecular weight excluding hydrogens is 308 g/mol. The number of hydrogen-bond acceptors (Lipinski definition) is 3. The SMILES string of the molecule is CCc1nc(Cc2cccc(Br)c2)sc1CNC. The Morgan fingerprint density at radius 2 is 2.22 bits per heavy atom. The summed E-state index contributed by atoms with van der Waals surface area (Å²) in [7, 11) is 1.98. The van der Waals surface area contributed by atoms with Crippen molar-refractivity contribution < 1.29 is 0 Å². The van der Waals surface area contributed by atoms with Crippen molar-refractivity contribution in [2.75, 3.05) is 7.05 Å². The molecule has 2 aromatic rings. The normalized spacial score (nSPS) is 10.8. The van der Waals surface area contributed by atoms with Gasteiger partial charge in [0.25, 0.3) is 0 Å². The Balaban J connectivity index is 2.19. The number of hydrogen-bond donors (Lipinski definition) is 1. The molecule has 2 rings (SSSR count). The molecule has 0 fully saturated rings. The summed E-state index contributed by atoms with van der Waals surface area (Å²) >= 11 is 5.33. The van der Waals surface area contributed by atoms with E-state index >= 15 is 0 Å². The van der Waals surface area contributed by atoms with Crippen LogP contribution >= 0.6 is 27.3 Å². The molecule has 96 valence electrons. The molecule has 0 saturated carbocycles. The molecule has 0 saturated heterocycles. The van der Waals surface area contributed by atoms with Gasteiger partial charge in [-0.05, 0) is 31.2 Å². The molecule has 0 bridgehead atoms. The molecule has 0 radical (unpaired) electrons. The Morgan fingerprint density at radius 3 is 2.89 bits per heavy atom. The summed E-state index contributed by atoms with van der Waals surface area (Å²) in [6.45, 7) is 3.08. The van der Waals surface area contributed by atoms with Gasteiger partial charge in [-0.1, -0.05) is 35.0 Å². The fraction of sp³-hybridized carbons (Fsp3) is 0.357. The van der Waals surface area contributed by atoms with E-state index in [1.54, 1.807) is 0 Å². The highest BCUT2D eigenvalue weighted by Gasteiger charge is 2.09.